The number of rotatable bonds is 1. The molecule has 0 amide bonds. The Kier molecular flexibility index (Phi) is 3.00. The number of anilines is 1. The Morgan fingerprint density at radius 1 is 1.06 bits per heavy atom. The lowest BCUT2D eigenvalue weighted by Crippen LogP contribution is -2.15. The minimum Gasteiger partial charge on any atom is -0.383 e. The van der Waals surface area contributed by atoms with Gasteiger partial charge < -0.3 is 5.32 Å². The molecular weight excluding hydrogens is 250 g/mol. The second-order valence-corrected chi connectivity index (χ2v) is 5.66. The van der Waals surface area contributed by atoms with Gasteiger partial charge in [0.2, 0.25) is 0 Å². The Balaban J connectivity index is 1.92. The van der Waals surface area contributed by atoms with Gasteiger partial charge in [-0.1, -0.05) is 41.9 Å². The van der Waals surface area contributed by atoms with Gasteiger partial charge in [0.1, 0.15) is 0 Å². The standard InChI is InChI=1S/C14H12ClNS/c15-11-6-2-1-5-10(11)14-9-16-12-7-3-4-8-13(12)17-14/h1-8,14,16H,9H2. The van der Waals surface area contributed by atoms with E-state index in [4.69, 9.17) is 11.6 Å². The van der Waals surface area contributed by atoms with Crippen molar-refractivity contribution in [1.29, 1.82) is 0 Å². The lowest BCUT2D eigenvalue weighted by atomic mass is 10.1. The van der Waals surface area contributed by atoms with Crippen LogP contribution in [0.25, 0.3) is 0 Å². The molecule has 1 aliphatic heterocycles. The number of benzene rings is 2. The van der Waals surface area contributed by atoms with Gasteiger partial charge in [0.05, 0.1) is 5.25 Å². The van der Waals surface area contributed by atoms with E-state index in [9.17, 15) is 0 Å². The maximum absolute atomic E-state index is 6.24. The van der Waals surface area contributed by atoms with E-state index in [1.54, 1.807) is 0 Å². The minimum absolute atomic E-state index is 0.388. The zero-order chi connectivity index (χ0) is 11.7. The molecule has 0 spiro atoms. The molecule has 0 saturated heterocycles. The maximum Gasteiger partial charge on any atom is 0.0532 e. The predicted molar refractivity (Wildman–Crippen MR) is 75.0 cm³/mol. The Morgan fingerprint density at radius 3 is 2.71 bits per heavy atom. The SMILES string of the molecule is Clc1ccccc1C1CNc2ccccc2S1. The van der Waals surface area contributed by atoms with Crippen molar-refractivity contribution in [2.75, 3.05) is 11.9 Å². The summed E-state index contributed by atoms with van der Waals surface area (Å²) in [5.41, 5.74) is 2.43. The molecule has 17 heavy (non-hydrogen) atoms. The van der Waals surface area contributed by atoms with Gasteiger partial charge in [0.15, 0.2) is 0 Å². The monoisotopic (exact) mass is 261 g/mol. The van der Waals surface area contributed by atoms with E-state index in [2.05, 4.69) is 35.6 Å². The van der Waals surface area contributed by atoms with Gasteiger partial charge in [0.25, 0.3) is 0 Å². The second-order valence-electron chi connectivity index (χ2n) is 4.01. The molecule has 0 radical (unpaired) electrons. The summed E-state index contributed by atoms with van der Waals surface area (Å²) in [6.45, 7) is 0.922. The third-order valence-electron chi connectivity index (χ3n) is 2.89. The number of thioether (sulfide) groups is 1. The average Bonchev–Trinajstić information content (AvgIpc) is 2.39. The normalized spacial score (nSPS) is 18.3. The quantitative estimate of drug-likeness (QED) is 0.805. The first-order valence-electron chi connectivity index (χ1n) is 5.58. The van der Waals surface area contributed by atoms with Gasteiger partial charge in [-0.25, -0.2) is 0 Å². The molecule has 1 aliphatic rings. The first-order chi connectivity index (χ1) is 8.34. The highest BCUT2D eigenvalue weighted by Gasteiger charge is 2.21. The van der Waals surface area contributed by atoms with Gasteiger partial charge in [0, 0.05) is 22.2 Å². The first kappa shape index (κ1) is 11.0. The van der Waals surface area contributed by atoms with E-state index >= 15 is 0 Å². The molecule has 1 atom stereocenters. The number of fused-ring (bicyclic) bond motifs is 1. The largest absolute Gasteiger partial charge is 0.383 e. The number of hydrogen-bond donors (Lipinski definition) is 1. The minimum atomic E-state index is 0.388. The number of halogens is 1. The number of hydrogen-bond acceptors (Lipinski definition) is 2. The van der Waals surface area contributed by atoms with Gasteiger partial charge in [-0.2, -0.15) is 0 Å². The van der Waals surface area contributed by atoms with Crippen LogP contribution in [0.2, 0.25) is 5.02 Å². The van der Waals surface area contributed by atoms with Gasteiger partial charge in [-0.05, 0) is 23.8 Å². The summed E-state index contributed by atoms with van der Waals surface area (Å²) in [5, 5.41) is 4.70. The molecule has 2 aromatic rings. The predicted octanol–water partition coefficient (Wildman–Crippen LogP) is 4.60. The zero-order valence-corrected chi connectivity index (χ0v) is 10.8. The van der Waals surface area contributed by atoms with Crippen molar-refractivity contribution in [3.8, 4) is 0 Å². The summed E-state index contributed by atoms with van der Waals surface area (Å²) in [5.74, 6) is 0. The van der Waals surface area contributed by atoms with Crippen LogP contribution < -0.4 is 5.32 Å². The molecule has 0 bridgehead atoms. The van der Waals surface area contributed by atoms with Crippen molar-refractivity contribution in [2.45, 2.75) is 10.1 Å². The van der Waals surface area contributed by atoms with Crippen LogP contribution in [-0.2, 0) is 0 Å². The summed E-state index contributed by atoms with van der Waals surface area (Å²) in [7, 11) is 0. The molecule has 0 saturated carbocycles. The molecular formula is C14H12ClNS. The molecule has 0 fully saturated rings. The zero-order valence-electron chi connectivity index (χ0n) is 9.19. The van der Waals surface area contributed by atoms with E-state index < -0.39 is 0 Å². The van der Waals surface area contributed by atoms with Crippen LogP contribution >= 0.6 is 23.4 Å². The second kappa shape index (κ2) is 4.63. The molecule has 1 nitrogen and oxygen atoms in total. The number of nitrogens with one attached hydrogen (secondary N) is 1. The molecule has 1 unspecified atom stereocenters. The van der Waals surface area contributed by atoms with Crippen LogP contribution in [0, 0.1) is 0 Å². The molecule has 1 N–H and O–H groups in total. The molecule has 2 aromatic carbocycles. The van der Waals surface area contributed by atoms with E-state index in [1.165, 1.54) is 16.1 Å². The summed E-state index contributed by atoms with van der Waals surface area (Å²) in [6.07, 6.45) is 0. The fourth-order valence-electron chi connectivity index (χ4n) is 2.02. The van der Waals surface area contributed by atoms with Crippen LogP contribution in [0.15, 0.2) is 53.4 Å². The van der Waals surface area contributed by atoms with Gasteiger partial charge >= 0.3 is 0 Å². The van der Waals surface area contributed by atoms with Crippen molar-refractivity contribution in [3.05, 3.63) is 59.1 Å². The van der Waals surface area contributed by atoms with Gasteiger partial charge in [-0.3, -0.25) is 0 Å². The van der Waals surface area contributed by atoms with Crippen LogP contribution in [0.4, 0.5) is 5.69 Å². The lowest BCUT2D eigenvalue weighted by molar-refractivity contribution is 0.965. The Hall–Kier alpha value is -1.12. The smallest absolute Gasteiger partial charge is 0.0532 e. The Bertz CT molecular complexity index is 541. The maximum atomic E-state index is 6.24. The third-order valence-corrected chi connectivity index (χ3v) is 4.55. The summed E-state index contributed by atoms with van der Waals surface area (Å²) < 4.78 is 0. The summed E-state index contributed by atoms with van der Waals surface area (Å²) in [4.78, 5) is 1.30. The van der Waals surface area contributed by atoms with Crippen LogP contribution in [-0.4, -0.2) is 6.54 Å². The Labute approximate surface area is 110 Å². The highest BCUT2D eigenvalue weighted by Crippen LogP contribution is 2.44. The summed E-state index contributed by atoms with van der Waals surface area (Å²) >= 11 is 8.12. The highest BCUT2D eigenvalue weighted by atomic mass is 35.5. The van der Waals surface area contributed by atoms with Crippen molar-refractivity contribution < 1.29 is 0 Å². The van der Waals surface area contributed by atoms with E-state index in [1.807, 2.05) is 30.0 Å². The molecule has 0 aromatic heterocycles. The topological polar surface area (TPSA) is 12.0 Å². The first-order valence-corrected chi connectivity index (χ1v) is 6.84. The highest BCUT2D eigenvalue weighted by molar-refractivity contribution is 7.99. The van der Waals surface area contributed by atoms with Crippen molar-refractivity contribution in [3.63, 3.8) is 0 Å². The molecule has 86 valence electrons. The van der Waals surface area contributed by atoms with Crippen molar-refractivity contribution in [2.24, 2.45) is 0 Å². The molecule has 3 heteroatoms. The van der Waals surface area contributed by atoms with E-state index in [0.717, 1.165) is 11.6 Å². The van der Waals surface area contributed by atoms with E-state index in [-0.39, 0.29) is 0 Å². The molecule has 1 heterocycles. The summed E-state index contributed by atoms with van der Waals surface area (Å²) in [6, 6.07) is 16.5. The van der Waals surface area contributed by atoms with Crippen molar-refractivity contribution in [1.82, 2.24) is 0 Å². The van der Waals surface area contributed by atoms with Crippen molar-refractivity contribution >= 4 is 29.1 Å². The number of para-hydroxylation sites is 1. The van der Waals surface area contributed by atoms with Crippen LogP contribution in [0.3, 0.4) is 0 Å². The third kappa shape index (κ3) is 2.15. The lowest BCUT2D eigenvalue weighted by Gasteiger charge is -2.26. The molecule has 3 rings (SSSR count). The van der Waals surface area contributed by atoms with Crippen LogP contribution in [0.1, 0.15) is 10.8 Å². The Morgan fingerprint density at radius 2 is 1.82 bits per heavy atom. The van der Waals surface area contributed by atoms with Crippen LogP contribution in [0.5, 0.6) is 0 Å². The average molecular weight is 262 g/mol. The van der Waals surface area contributed by atoms with E-state index in [0.29, 0.717) is 5.25 Å². The van der Waals surface area contributed by atoms with Gasteiger partial charge in [-0.15, -0.1) is 11.8 Å². The molecule has 0 aliphatic carbocycles. The fourth-order valence-corrected chi connectivity index (χ4v) is 3.58. The fraction of sp³-hybridized carbons (Fsp3) is 0.143.